The van der Waals surface area contributed by atoms with Gasteiger partial charge in [0.2, 0.25) is 11.8 Å². The average molecular weight is 375 g/mol. The first-order valence-corrected chi connectivity index (χ1v) is 9.27. The van der Waals surface area contributed by atoms with E-state index in [9.17, 15) is 14.4 Å². The zero-order valence-corrected chi connectivity index (χ0v) is 16.5. The molecule has 1 aromatic carbocycles. The molecule has 0 unspecified atom stereocenters. The minimum atomic E-state index is -1.08. The lowest BCUT2D eigenvalue weighted by atomic mass is 10.0. The molecule has 27 heavy (non-hydrogen) atoms. The maximum absolute atomic E-state index is 12.8. The summed E-state index contributed by atoms with van der Waals surface area (Å²) in [6, 6.07) is 7.80. The number of carboxylic acid groups (broad SMARTS) is 1. The lowest BCUT2D eigenvalue weighted by Crippen LogP contribution is -2.45. The van der Waals surface area contributed by atoms with Crippen LogP contribution >= 0.6 is 0 Å². The fourth-order valence-corrected chi connectivity index (χ4v) is 3.18. The summed E-state index contributed by atoms with van der Waals surface area (Å²) in [6.45, 7) is 5.11. The van der Waals surface area contributed by atoms with Crippen LogP contribution in [0.15, 0.2) is 24.3 Å². The Kier molecular flexibility index (Phi) is 6.96. The Hall–Kier alpha value is -2.41. The Morgan fingerprint density at radius 2 is 1.81 bits per heavy atom. The molecule has 1 heterocycles. The molecule has 1 aliphatic heterocycles. The Morgan fingerprint density at radius 3 is 2.33 bits per heavy atom. The summed E-state index contributed by atoms with van der Waals surface area (Å²) >= 11 is 0. The van der Waals surface area contributed by atoms with E-state index in [1.807, 2.05) is 43.3 Å². The predicted molar refractivity (Wildman–Crippen MR) is 104 cm³/mol. The maximum Gasteiger partial charge on any atom is 0.323 e. The normalized spacial score (nSPS) is 17.0. The van der Waals surface area contributed by atoms with Crippen LogP contribution in [0.2, 0.25) is 0 Å². The summed E-state index contributed by atoms with van der Waals surface area (Å²) in [5.74, 6) is -2.13. The molecule has 1 saturated heterocycles. The van der Waals surface area contributed by atoms with Gasteiger partial charge in [-0.3, -0.25) is 14.4 Å². The second-order valence-electron chi connectivity index (χ2n) is 7.53. The minimum Gasteiger partial charge on any atom is -0.480 e. The number of carbonyl (C=O) groups excluding carboxylic acids is 2. The number of nitrogens with zero attached hydrogens (tertiary/aromatic N) is 3. The largest absolute Gasteiger partial charge is 0.480 e. The number of aliphatic carboxylic acids is 1. The third-order valence-corrected chi connectivity index (χ3v) is 4.83. The number of likely N-dealkylation sites (N-methyl/N-ethyl adjacent to an activating group) is 1. The van der Waals surface area contributed by atoms with Crippen LogP contribution in [0, 0.1) is 5.92 Å². The van der Waals surface area contributed by atoms with Crippen LogP contribution in [0.3, 0.4) is 0 Å². The highest BCUT2D eigenvalue weighted by Crippen LogP contribution is 2.28. The fourth-order valence-electron chi connectivity index (χ4n) is 3.18. The molecule has 1 aliphatic rings. The molecule has 0 bridgehead atoms. The lowest BCUT2D eigenvalue weighted by Gasteiger charge is -2.25. The number of rotatable bonds is 8. The molecule has 0 saturated carbocycles. The molecule has 0 radical (unpaired) electrons. The van der Waals surface area contributed by atoms with Crippen LogP contribution in [-0.2, 0) is 14.4 Å². The summed E-state index contributed by atoms with van der Waals surface area (Å²) < 4.78 is 0. The fraction of sp³-hybridized carbons (Fsp3) is 0.550. The molecule has 7 heteroatoms. The van der Waals surface area contributed by atoms with Gasteiger partial charge in [0, 0.05) is 25.3 Å². The van der Waals surface area contributed by atoms with Gasteiger partial charge in [-0.2, -0.15) is 0 Å². The summed E-state index contributed by atoms with van der Waals surface area (Å²) in [6.07, 6.45) is 0.404. The second kappa shape index (κ2) is 8.99. The monoisotopic (exact) mass is 375 g/mol. The quantitative estimate of drug-likeness (QED) is 0.699. The van der Waals surface area contributed by atoms with Gasteiger partial charge in [0.1, 0.15) is 12.5 Å². The van der Waals surface area contributed by atoms with Crippen molar-refractivity contribution in [2.45, 2.75) is 26.2 Å². The molecule has 0 aliphatic carbocycles. The third-order valence-electron chi connectivity index (χ3n) is 4.83. The van der Waals surface area contributed by atoms with E-state index >= 15 is 0 Å². The molecule has 2 amide bonds. The molecule has 1 fully saturated rings. The van der Waals surface area contributed by atoms with Gasteiger partial charge in [-0.05, 0) is 44.1 Å². The molecular weight excluding hydrogens is 346 g/mol. The molecule has 148 valence electrons. The van der Waals surface area contributed by atoms with Crippen LogP contribution in [0.5, 0.6) is 0 Å². The van der Waals surface area contributed by atoms with E-state index in [1.165, 1.54) is 10.5 Å². The van der Waals surface area contributed by atoms with Crippen molar-refractivity contribution in [1.82, 2.24) is 9.80 Å². The summed E-state index contributed by atoms with van der Waals surface area (Å²) in [7, 11) is 3.71. The van der Waals surface area contributed by atoms with Gasteiger partial charge in [-0.25, -0.2) is 0 Å². The van der Waals surface area contributed by atoms with Crippen LogP contribution < -0.4 is 4.90 Å². The number of anilines is 1. The van der Waals surface area contributed by atoms with Gasteiger partial charge in [0.25, 0.3) is 0 Å². The second-order valence-corrected chi connectivity index (χ2v) is 7.53. The number of benzene rings is 1. The Labute approximate surface area is 160 Å². The van der Waals surface area contributed by atoms with Crippen LogP contribution in [0.4, 0.5) is 5.69 Å². The minimum absolute atomic E-state index is 0.252. The van der Waals surface area contributed by atoms with Crippen LogP contribution in [-0.4, -0.2) is 73.0 Å². The van der Waals surface area contributed by atoms with Gasteiger partial charge in [-0.15, -0.1) is 0 Å². The Bertz CT molecular complexity index is 685. The lowest BCUT2D eigenvalue weighted by molar-refractivity contribution is -0.148. The molecule has 0 spiro atoms. The number of carbonyl (C=O) groups is 3. The maximum atomic E-state index is 12.8. The van der Waals surface area contributed by atoms with Gasteiger partial charge >= 0.3 is 5.97 Å². The number of hydrogen-bond donors (Lipinski definition) is 1. The van der Waals surface area contributed by atoms with Crippen LogP contribution in [0.25, 0.3) is 0 Å². The molecule has 0 aromatic heterocycles. The third kappa shape index (κ3) is 5.29. The number of amides is 2. The highest BCUT2D eigenvalue weighted by atomic mass is 16.4. The van der Waals surface area contributed by atoms with Crippen molar-refractivity contribution in [2.75, 3.05) is 45.2 Å². The Morgan fingerprint density at radius 1 is 1.19 bits per heavy atom. The SMILES string of the molecule is CC(C)c1ccc(N2CC[C@@H](C(=O)N(CCN(C)C)CC(=O)O)C2=O)cc1. The van der Waals surface area contributed by atoms with Crippen molar-refractivity contribution in [3.8, 4) is 0 Å². The molecule has 1 N–H and O–H groups in total. The van der Waals surface area contributed by atoms with Crippen molar-refractivity contribution in [2.24, 2.45) is 5.92 Å². The van der Waals surface area contributed by atoms with Crippen molar-refractivity contribution < 1.29 is 19.5 Å². The number of carboxylic acids is 1. The van der Waals surface area contributed by atoms with E-state index in [4.69, 9.17) is 5.11 Å². The van der Waals surface area contributed by atoms with Crippen LogP contribution in [0.1, 0.15) is 31.7 Å². The first kappa shape index (κ1) is 20.9. The number of hydrogen-bond acceptors (Lipinski definition) is 4. The zero-order valence-electron chi connectivity index (χ0n) is 16.5. The zero-order chi connectivity index (χ0) is 20.1. The highest BCUT2D eigenvalue weighted by molar-refractivity contribution is 6.10. The smallest absolute Gasteiger partial charge is 0.323 e. The molecular formula is C20H29N3O4. The first-order valence-electron chi connectivity index (χ1n) is 9.27. The molecule has 1 atom stereocenters. The standard InChI is InChI=1S/C20H29N3O4/c1-14(2)15-5-7-16(8-6-15)23-10-9-17(20(23)27)19(26)22(13-18(24)25)12-11-21(3)4/h5-8,14,17H,9-13H2,1-4H3,(H,24,25)/t17-/m0/s1. The summed E-state index contributed by atoms with van der Waals surface area (Å²) in [4.78, 5) is 41.5. The van der Waals surface area contributed by atoms with Gasteiger partial charge in [0.15, 0.2) is 0 Å². The van der Waals surface area contributed by atoms with E-state index in [1.54, 1.807) is 4.90 Å². The van der Waals surface area contributed by atoms with Crippen molar-refractivity contribution in [3.63, 3.8) is 0 Å². The first-order chi connectivity index (χ1) is 12.7. The molecule has 1 aromatic rings. The van der Waals surface area contributed by atoms with Gasteiger partial charge in [-0.1, -0.05) is 26.0 Å². The van der Waals surface area contributed by atoms with Crippen molar-refractivity contribution >= 4 is 23.5 Å². The summed E-state index contributed by atoms with van der Waals surface area (Å²) in [5.41, 5.74) is 1.96. The Balaban J connectivity index is 2.10. The predicted octanol–water partition coefficient (Wildman–Crippen LogP) is 1.64. The average Bonchev–Trinajstić information content (AvgIpc) is 2.99. The van der Waals surface area contributed by atoms with Gasteiger partial charge < -0.3 is 19.8 Å². The highest BCUT2D eigenvalue weighted by Gasteiger charge is 2.40. The van der Waals surface area contributed by atoms with E-state index in [0.717, 1.165) is 5.69 Å². The van der Waals surface area contributed by atoms with Crippen molar-refractivity contribution in [1.29, 1.82) is 0 Å². The summed E-state index contributed by atoms with van der Waals surface area (Å²) in [5, 5.41) is 9.10. The van der Waals surface area contributed by atoms with E-state index in [-0.39, 0.29) is 19.0 Å². The van der Waals surface area contributed by atoms with E-state index < -0.39 is 17.8 Å². The van der Waals surface area contributed by atoms with E-state index in [0.29, 0.717) is 25.4 Å². The molecule has 7 nitrogen and oxygen atoms in total. The topological polar surface area (TPSA) is 81.2 Å². The van der Waals surface area contributed by atoms with Gasteiger partial charge in [0.05, 0.1) is 0 Å². The van der Waals surface area contributed by atoms with E-state index in [2.05, 4.69) is 13.8 Å². The molecule has 2 rings (SSSR count). The van der Waals surface area contributed by atoms with Crippen molar-refractivity contribution in [3.05, 3.63) is 29.8 Å².